The molecule has 3 rings (SSSR count). The molecule has 0 spiro atoms. The maximum Gasteiger partial charge on any atom is 0.291 e. The molecular formula is C19H24N4O3. The van der Waals surface area contributed by atoms with E-state index in [1.807, 2.05) is 24.3 Å². The van der Waals surface area contributed by atoms with Crippen molar-refractivity contribution >= 4 is 17.6 Å². The second-order valence-electron chi connectivity index (χ2n) is 6.07. The van der Waals surface area contributed by atoms with Gasteiger partial charge in [-0.2, -0.15) is 0 Å². The van der Waals surface area contributed by atoms with Gasteiger partial charge in [-0.15, -0.1) is 0 Å². The smallest absolute Gasteiger partial charge is 0.291 e. The Bertz CT molecular complexity index is 720. The van der Waals surface area contributed by atoms with Crippen LogP contribution in [0.15, 0.2) is 52.1 Å². The fraction of sp³-hybridized carbons (Fsp3) is 0.368. The van der Waals surface area contributed by atoms with Gasteiger partial charge in [0, 0.05) is 32.4 Å². The number of ether oxygens (including phenoxy) is 1. The minimum atomic E-state index is -0.264. The number of carbonyl (C=O) groups excluding carboxylic acids is 1. The van der Waals surface area contributed by atoms with Crippen molar-refractivity contribution in [3.8, 4) is 0 Å². The first-order chi connectivity index (χ1) is 12.7. The Kier molecular flexibility index (Phi) is 6.27. The summed E-state index contributed by atoms with van der Waals surface area (Å²) in [4.78, 5) is 16.2. The molecule has 7 nitrogen and oxygen atoms in total. The summed E-state index contributed by atoms with van der Waals surface area (Å²) < 4.78 is 10.7. The third-order valence-corrected chi connectivity index (χ3v) is 4.16. The summed E-state index contributed by atoms with van der Waals surface area (Å²) in [6.45, 7) is 2.25. The van der Waals surface area contributed by atoms with Crippen LogP contribution >= 0.6 is 0 Å². The summed E-state index contributed by atoms with van der Waals surface area (Å²) in [5.74, 6) is 0.771. The van der Waals surface area contributed by atoms with Crippen LogP contribution in [-0.4, -0.2) is 38.2 Å². The summed E-state index contributed by atoms with van der Waals surface area (Å²) in [7, 11) is 1.75. The number of guanidine groups is 1. The Morgan fingerprint density at radius 1 is 1.23 bits per heavy atom. The van der Waals surface area contributed by atoms with E-state index in [0.717, 1.165) is 43.2 Å². The normalized spacial score (nSPS) is 17.1. The molecule has 1 aromatic carbocycles. The highest BCUT2D eigenvalue weighted by atomic mass is 16.5. The molecule has 1 saturated heterocycles. The number of benzene rings is 1. The van der Waals surface area contributed by atoms with Crippen molar-refractivity contribution < 1.29 is 13.9 Å². The van der Waals surface area contributed by atoms with Gasteiger partial charge in [0.25, 0.3) is 5.91 Å². The van der Waals surface area contributed by atoms with Crippen molar-refractivity contribution in [2.24, 2.45) is 4.99 Å². The van der Waals surface area contributed by atoms with Crippen molar-refractivity contribution in [1.82, 2.24) is 10.6 Å². The molecule has 3 N–H and O–H groups in total. The molecular weight excluding hydrogens is 332 g/mol. The highest BCUT2D eigenvalue weighted by molar-refractivity contribution is 6.02. The van der Waals surface area contributed by atoms with E-state index in [1.54, 1.807) is 19.2 Å². The number of nitrogens with zero attached hydrogens (tertiary/aromatic N) is 1. The van der Waals surface area contributed by atoms with Crippen molar-refractivity contribution in [2.45, 2.75) is 25.5 Å². The largest absolute Gasteiger partial charge is 0.459 e. The quantitative estimate of drug-likeness (QED) is 0.546. The molecule has 0 aliphatic carbocycles. The number of anilines is 1. The fourth-order valence-corrected chi connectivity index (χ4v) is 2.73. The van der Waals surface area contributed by atoms with E-state index in [0.29, 0.717) is 6.54 Å². The molecule has 1 atom stereocenters. The number of nitrogens with one attached hydrogen (secondary N) is 3. The zero-order valence-electron chi connectivity index (χ0n) is 14.8. The first-order valence-corrected chi connectivity index (χ1v) is 8.74. The first-order valence-electron chi connectivity index (χ1n) is 8.74. The lowest BCUT2D eigenvalue weighted by atomic mass is 10.2. The van der Waals surface area contributed by atoms with Crippen LogP contribution in [0.2, 0.25) is 0 Å². The number of furan rings is 1. The lowest BCUT2D eigenvalue weighted by Gasteiger charge is -2.15. The molecule has 138 valence electrons. The highest BCUT2D eigenvalue weighted by Crippen LogP contribution is 2.12. The average Bonchev–Trinajstić information content (AvgIpc) is 3.37. The summed E-state index contributed by atoms with van der Waals surface area (Å²) in [5, 5.41) is 9.35. The van der Waals surface area contributed by atoms with Gasteiger partial charge in [0.15, 0.2) is 11.7 Å². The average molecular weight is 356 g/mol. The number of hydrogen-bond acceptors (Lipinski definition) is 4. The van der Waals surface area contributed by atoms with Crippen LogP contribution in [0.3, 0.4) is 0 Å². The Balaban J connectivity index is 1.45. The third kappa shape index (κ3) is 5.10. The highest BCUT2D eigenvalue weighted by Gasteiger charge is 2.15. The second kappa shape index (κ2) is 9.05. The zero-order valence-corrected chi connectivity index (χ0v) is 14.8. The number of aliphatic imine (C=N–C) groups is 1. The van der Waals surface area contributed by atoms with E-state index >= 15 is 0 Å². The van der Waals surface area contributed by atoms with Gasteiger partial charge < -0.3 is 25.1 Å². The standard InChI is InChI=1S/C19H24N4O3/c1-20-19(22-13-16-4-2-10-25-16)21-12-14-6-8-15(9-7-14)23-18(24)17-5-3-11-26-17/h3,5-9,11,16H,2,4,10,12-13H2,1H3,(H,23,24)(H2,20,21,22). The molecule has 1 unspecified atom stereocenters. The van der Waals surface area contributed by atoms with Crippen molar-refractivity contribution in [2.75, 3.05) is 25.5 Å². The molecule has 1 aromatic heterocycles. The van der Waals surface area contributed by atoms with Crippen LogP contribution in [-0.2, 0) is 11.3 Å². The SMILES string of the molecule is CN=C(NCc1ccc(NC(=O)c2ccco2)cc1)NCC1CCCO1. The van der Waals surface area contributed by atoms with E-state index in [-0.39, 0.29) is 17.8 Å². The van der Waals surface area contributed by atoms with Crippen LogP contribution in [0.1, 0.15) is 29.0 Å². The molecule has 2 aromatic rings. The topological polar surface area (TPSA) is 87.9 Å². The molecule has 1 aliphatic heterocycles. The van der Waals surface area contributed by atoms with E-state index in [9.17, 15) is 4.79 Å². The van der Waals surface area contributed by atoms with E-state index < -0.39 is 0 Å². The molecule has 26 heavy (non-hydrogen) atoms. The van der Waals surface area contributed by atoms with Crippen LogP contribution in [0.4, 0.5) is 5.69 Å². The van der Waals surface area contributed by atoms with Gasteiger partial charge in [-0.05, 0) is 42.7 Å². The van der Waals surface area contributed by atoms with Crippen molar-refractivity contribution in [3.63, 3.8) is 0 Å². The van der Waals surface area contributed by atoms with Gasteiger partial charge in [-0.25, -0.2) is 0 Å². The van der Waals surface area contributed by atoms with Crippen LogP contribution in [0.25, 0.3) is 0 Å². The summed E-state index contributed by atoms with van der Waals surface area (Å²) in [6.07, 6.45) is 3.96. The van der Waals surface area contributed by atoms with E-state index in [1.165, 1.54) is 6.26 Å². The molecule has 7 heteroatoms. The van der Waals surface area contributed by atoms with Crippen molar-refractivity contribution in [1.29, 1.82) is 0 Å². The molecule has 0 bridgehead atoms. The minimum Gasteiger partial charge on any atom is -0.459 e. The van der Waals surface area contributed by atoms with Gasteiger partial charge in [-0.1, -0.05) is 12.1 Å². The summed E-state index contributed by atoms with van der Waals surface area (Å²) in [5.41, 5.74) is 1.80. The fourth-order valence-electron chi connectivity index (χ4n) is 2.73. The van der Waals surface area contributed by atoms with Crippen LogP contribution < -0.4 is 16.0 Å². The summed E-state index contributed by atoms with van der Waals surface area (Å²) in [6, 6.07) is 10.9. The van der Waals surface area contributed by atoms with Gasteiger partial charge in [-0.3, -0.25) is 9.79 Å². The van der Waals surface area contributed by atoms with E-state index in [4.69, 9.17) is 9.15 Å². The Morgan fingerprint density at radius 2 is 2.08 bits per heavy atom. The lowest BCUT2D eigenvalue weighted by Crippen LogP contribution is -2.40. The molecule has 0 radical (unpaired) electrons. The first kappa shape index (κ1) is 18.0. The zero-order chi connectivity index (χ0) is 18.2. The number of rotatable bonds is 6. The Hall–Kier alpha value is -2.80. The summed E-state index contributed by atoms with van der Waals surface area (Å²) >= 11 is 0. The minimum absolute atomic E-state index is 0.264. The predicted molar refractivity (Wildman–Crippen MR) is 100 cm³/mol. The Morgan fingerprint density at radius 3 is 2.73 bits per heavy atom. The van der Waals surface area contributed by atoms with Gasteiger partial charge in [0.05, 0.1) is 12.4 Å². The predicted octanol–water partition coefficient (Wildman–Crippen LogP) is 2.38. The number of amides is 1. The van der Waals surface area contributed by atoms with Gasteiger partial charge in [0.2, 0.25) is 0 Å². The monoisotopic (exact) mass is 356 g/mol. The lowest BCUT2D eigenvalue weighted by molar-refractivity contribution is 0.0996. The second-order valence-corrected chi connectivity index (χ2v) is 6.07. The molecule has 2 heterocycles. The molecule has 0 saturated carbocycles. The van der Waals surface area contributed by atoms with Gasteiger partial charge in [0.1, 0.15) is 0 Å². The van der Waals surface area contributed by atoms with Crippen LogP contribution in [0.5, 0.6) is 0 Å². The van der Waals surface area contributed by atoms with Crippen molar-refractivity contribution in [3.05, 3.63) is 54.0 Å². The maximum absolute atomic E-state index is 11.9. The maximum atomic E-state index is 11.9. The number of hydrogen-bond donors (Lipinski definition) is 3. The van der Waals surface area contributed by atoms with Gasteiger partial charge >= 0.3 is 0 Å². The van der Waals surface area contributed by atoms with E-state index in [2.05, 4.69) is 20.9 Å². The molecule has 1 aliphatic rings. The Labute approximate surface area is 152 Å². The molecule has 1 amide bonds. The van der Waals surface area contributed by atoms with Crippen LogP contribution in [0, 0.1) is 0 Å². The third-order valence-electron chi connectivity index (χ3n) is 4.16. The molecule has 1 fully saturated rings. The number of carbonyl (C=O) groups is 1.